The van der Waals surface area contributed by atoms with Crippen LogP contribution in [0.1, 0.15) is 206 Å². The lowest BCUT2D eigenvalue weighted by atomic mass is 10.0. The van der Waals surface area contributed by atoms with Crippen molar-refractivity contribution >= 4 is 19.8 Å². The van der Waals surface area contributed by atoms with Gasteiger partial charge in [-0.05, 0) is 38.5 Å². The van der Waals surface area contributed by atoms with Crippen molar-refractivity contribution in [3.63, 3.8) is 0 Å². The van der Waals surface area contributed by atoms with E-state index < -0.39 is 39.1 Å². The molecule has 10 heteroatoms. The quantitative estimate of drug-likeness (QED) is 0.0272. The van der Waals surface area contributed by atoms with Gasteiger partial charge in [-0.3, -0.25) is 18.6 Å². The first-order chi connectivity index (χ1) is 24.8. The van der Waals surface area contributed by atoms with E-state index >= 15 is 0 Å². The summed E-state index contributed by atoms with van der Waals surface area (Å²) in [6.07, 6.45) is 37.8. The number of unbranched alkanes of at least 4 members (excludes halogenated alkanes) is 25. The molecule has 0 radical (unpaired) electrons. The van der Waals surface area contributed by atoms with E-state index in [2.05, 4.69) is 30.5 Å². The largest absolute Gasteiger partial charge is 0.472 e. The summed E-state index contributed by atoms with van der Waals surface area (Å²) in [5.74, 6) is -0.865. The molecule has 0 amide bonds. The van der Waals surface area contributed by atoms with Gasteiger partial charge in [0, 0.05) is 12.8 Å². The number of carbonyl (C=O) groups is 2. The molecule has 0 spiro atoms. The van der Waals surface area contributed by atoms with Crippen LogP contribution in [0.15, 0.2) is 12.2 Å². The number of aliphatic hydroxyl groups is 1. The first kappa shape index (κ1) is 49.8. The van der Waals surface area contributed by atoms with Crippen LogP contribution in [0.25, 0.3) is 0 Å². The Bertz CT molecular complexity index is 851. The molecule has 2 unspecified atom stereocenters. The van der Waals surface area contributed by atoms with Gasteiger partial charge in [-0.25, -0.2) is 4.57 Å². The standard InChI is InChI=1S/C41H79O9P/c1-3-5-7-9-11-13-15-17-19-21-23-25-27-29-31-33-40(43)47-37-39(38-49-51(45,46)48-36-35-42)50-41(44)34-32-30-28-26-24-22-20-18-16-14-12-10-8-6-4-2/h18,20,39,42H,3-17,19,21-38H2,1-2H3,(H,45,46)/b20-18+. The van der Waals surface area contributed by atoms with Gasteiger partial charge in [0.05, 0.1) is 19.8 Å². The van der Waals surface area contributed by atoms with Crippen LogP contribution in [0.4, 0.5) is 0 Å². The van der Waals surface area contributed by atoms with Crippen LogP contribution in [-0.2, 0) is 32.7 Å². The fraction of sp³-hybridized carbons (Fsp3) is 0.902. The van der Waals surface area contributed by atoms with Gasteiger partial charge in [-0.15, -0.1) is 0 Å². The minimum Gasteiger partial charge on any atom is -0.462 e. The lowest BCUT2D eigenvalue weighted by molar-refractivity contribution is -0.161. The van der Waals surface area contributed by atoms with E-state index in [4.69, 9.17) is 19.1 Å². The maximum Gasteiger partial charge on any atom is 0.472 e. The zero-order valence-electron chi connectivity index (χ0n) is 33.0. The first-order valence-corrected chi connectivity index (χ1v) is 22.6. The van der Waals surface area contributed by atoms with Gasteiger partial charge < -0.3 is 19.5 Å². The summed E-state index contributed by atoms with van der Waals surface area (Å²) in [6.45, 7) is 2.94. The molecule has 0 bridgehead atoms. The van der Waals surface area contributed by atoms with Gasteiger partial charge in [0.2, 0.25) is 0 Å². The predicted molar refractivity (Wildman–Crippen MR) is 209 cm³/mol. The Hall–Kier alpha value is -1.25. The third-order valence-electron chi connectivity index (χ3n) is 9.12. The Balaban J connectivity index is 4.15. The van der Waals surface area contributed by atoms with Crippen LogP contribution >= 0.6 is 7.82 Å². The monoisotopic (exact) mass is 747 g/mol. The maximum atomic E-state index is 12.5. The number of esters is 2. The average molecular weight is 747 g/mol. The number of carbonyl (C=O) groups excluding carboxylic acids is 2. The summed E-state index contributed by atoms with van der Waals surface area (Å²) < 4.78 is 32.5. The minimum atomic E-state index is -4.45. The predicted octanol–water partition coefficient (Wildman–Crippen LogP) is 11.9. The summed E-state index contributed by atoms with van der Waals surface area (Å²) in [5.41, 5.74) is 0. The molecule has 0 heterocycles. The number of rotatable bonds is 40. The molecule has 2 atom stereocenters. The Morgan fingerprint density at radius 1 is 0.549 bits per heavy atom. The second-order valence-electron chi connectivity index (χ2n) is 14.2. The van der Waals surface area contributed by atoms with E-state index in [9.17, 15) is 19.0 Å². The molecule has 2 N–H and O–H groups in total. The van der Waals surface area contributed by atoms with Crippen LogP contribution in [0, 0.1) is 0 Å². The Morgan fingerprint density at radius 2 is 0.941 bits per heavy atom. The van der Waals surface area contributed by atoms with Crippen molar-refractivity contribution in [1.29, 1.82) is 0 Å². The number of phosphoric ester groups is 1. The van der Waals surface area contributed by atoms with E-state index in [1.807, 2.05) is 0 Å². The molecule has 0 aromatic rings. The highest BCUT2D eigenvalue weighted by atomic mass is 31.2. The second-order valence-corrected chi connectivity index (χ2v) is 15.6. The van der Waals surface area contributed by atoms with E-state index in [1.54, 1.807) is 0 Å². The highest BCUT2D eigenvalue weighted by Gasteiger charge is 2.26. The third kappa shape index (κ3) is 38.3. The smallest absolute Gasteiger partial charge is 0.462 e. The molecule has 0 saturated heterocycles. The SMILES string of the molecule is CCCCCCCC/C=C/CCCCCCCC(=O)OC(COC(=O)CCCCCCCCCCCCCCCCC)COP(=O)(O)OCCO. The molecule has 0 saturated carbocycles. The highest BCUT2D eigenvalue weighted by molar-refractivity contribution is 7.47. The number of phosphoric acid groups is 1. The molecule has 0 aromatic carbocycles. The van der Waals surface area contributed by atoms with E-state index in [1.165, 1.54) is 122 Å². The van der Waals surface area contributed by atoms with Crippen molar-refractivity contribution in [1.82, 2.24) is 0 Å². The fourth-order valence-corrected chi connectivity index (χ4v) is 6.71. The molecular weight excluding hydrogens is 667 g/mol. The number of hydrogen-bond donors (Lipinski definition) is 2. The molecule has 0 aliphatic rings. The third-order valence-corrected chi connectivity index (χ3v) is 10.1. The fourth-order valence-electron chi connectivity index (χ4n) is 5.97. The lowest BCUT2D eigenvalue weighted by Gasteiger charge is -2.19. The summed E-state index contributed by atoms with van der Waals surface area (Å²) >= 11 is 0. The second kappa shape index (κ2) is 38.5. The summed E-state index contributed by atoms with van der Waals surface area (Å²) in [6, 6.07) is 0. The topological polar surface area (TPSA) is 129 Å². The summed E-state index contributed by atoms with van der Waals surface area (Å²) in [5, 5.41) is 8.86. The van der Waals surface area contributed by atoms with E-state index in [0.717, 1.165) is 51.4 Å². The highest BCUT2D eigenvalue weighted by Crippen LogP contribution is 2.43. The van der Waals surface area contributed by atoms with Crippen LogP contribution in [-0.4, -0.2) is 54.5 Å². The Kier molecular flexibility index (Phi) is 37.5. The molecular formula is C41H79O9P. The molecule has 0 aliphatic heterocycles. The first-order valence-electron chi connectivity index (χ1n) is 21.1. The molecule has 0 aromatic heterocycles. The van der Waals surface area contributed by atoms with Crippen LogP contribution in [0.2, 0.25) is 0 Å². The van der Waals surface area contributed by atoms with Gasteiger partial charge >= 0.3 is 19.8 Å². The van der Waals surface area contributed by atoms with Crippen molar-refractivity contribution < 1.29 is 42.7 Å². The summed E-state index contributed by atoms with van der Waals surface area (Å²) in [4.78, 5) is 34.7. The maximum absolute atomic E-state index is 12.5. The molecule has 302 valence electrons. The van der Waals surface area contributed by atoms with Crippen molar-refractivity contribution in [3.8, 4) is 0 Å². The molecule has 0 fully saturated rings. The molecule has 51 heavy (non-hydrogen) atoms. The van der Waals surface area contributed by atoms with E-state index in [0.29, 0.717) is 6.42 Å². The Labute approximate surface area is 313 Å². The molecule has 0 rings (SSSR count). The number of ether oxygens (including phenoxy) is 2. The van der Waals surface area contributed by atoms with Crippen molar-refractivity contribution in [2.24, 2.45) is 0 Å². The van der Waals surface area contributed by atoms with Crippen LogP contribution in [0.5, 0.6) is 0 Å². The normalized spacial score (nSPS) is 13.4. The zero-order chi connectivity index (χ0) is 37.5. The number of aliphatic hydroxyl groups excluding tert-OH is 1. The van der Waals surface area contributed by atoms with E-state index in [-0.39, 0.29) is 26.1 Å². The number of allylic oxidation sites excluding steroid dienone is 2. The van der Waals surface area contributed by atoms with Crippen LogP contribution in [0.3, 0.4) is 0 Å². The van der Waals surface area contributed by atoms with Gasteiger partial charge in [0.25, 0.3) is 0 Å². The molecule has 0 aliphatic carbocycles. The zero-order valence-corrected chi connectivity index (χ0v) is 33.9. The molecule has 9 nitrogen and oxygen atoms in total. The van der Waals surface area contributed by atoms with Crippen LogP contribution < -0.4 is 0 Å². The van der Waals surface area contributed by atoms with Crippen molar-refractivity contribution in [2.75, 3.05) is 26.4 Å². The van der Waals surface area contributed by atoms with Gasteiger partial charge in [-0.1, -0.05) is 167 Å². The van der Waals surface area contributed by atoms with Gasteiger partial charge in [0.1, 0.15) is 6.61 Å². The lowest BCUT2D eigenvalue weighted by Crippen LogP contribution is -2.29. The van der Waals surface area contributed by atoms with Gasteiger partial charge in [-0.2, -0.15) is 0 Å². The number of hydrogen-bond acceptors (Lipinski definition) is 8. The summed E-state index contributed by atoms with van der Waals surface area (Å²) in [7, 11) is -4.45. The minimum absolute atomic E-state index is 0.208. The van der Waals surface area contributed by atoms with Crippen molar-refractivity contribution in [3.05, 3.63) is 12.2 Å². The Morgan fingerprint density at radius 3 is 1.37 bits per heavy atom. The average Bonchev–Trinajstić information content (AvgIpc) is 3.11. The van der Waals surface area contributed by atoms with Crippen molar-refractivity contribution in [2.45, 2.75) is 213 Å². The van der Waals surface area contributed by atoms with Gasteiger partial charge in [0.15, 0.2) is 6.10 Å².